The smallest absolute Gasteiger partial charge is 0.328 e. The molecule has 0 aliphatic carbocycles. The summed E-state index contributed by atoms with van der Waals surface area (Å²) in [5.74, 6) is -1.78. The molecule has 1 atom stereocenters. The summed E-state index contributed by atoms with van der Waals surface area (Å²) in [6, 6.07) is 8.49. The van der Waals surface area contributed by atoms with Gasteiger partial charge in [-0.3, -0.25) is 9.59 Å². The molecule has 5 nitrogen and oxygen atoms in total. The van der Waals surface area contributed by atoms with Crippen LogP contribution < -0.4 is 0 Å². The van der Waals surface area contributed by atoms with Gasteiger partial charge in [-0.05, 0) is 19.4 Å². The van der Waals surface area contributed by atoms with E-state index >= 15 is 0 Å². The third-order valence-electron chi connectivity index (χ3n) is 2.94. The molecule has 1 rings (SSSR count). The van der Waals surface area contributed by atoms with Crippen molar-refractivity contribution in [1.29, 1.82) is 0 Å². The first-order chi connectivity index (χ1) is 9.47. The van der Waals surface area contributed by atoms with Crippen LogP contribution in [0.25, 0.3) is 0 Å². The van der Waals surface area contributed by atoms with Crippen LogP contribution in [0.2, 0.25) is 0 Å². The first kappa shape index (κ1) is 15.9. The van der Waals surface area contributed by atoms with Crippen molar-refractivity contribution in [2.24, 2.45) is 0 Å². The van der Waals surface area contributed by atoms with Crippen molar-refractivity contribution < 1.29 is 19.1 Å². The van der Waals surface area contributed by atoms with Crippen LogP contribution in [0.4, 0.5) is 0 Å². The molecule has 1 aromatic carbocycles. The van der Waals surface area contributed by atoms with E-state index in [1.165, 1.54) is 11.8 Å². The highest BCUT2D eigenvalue weighted by Gasteiger charge is 2.27. The zero-order valence-electron chi connectivity index (χ0n) is 12.0. The Labute approximate surface area is 118 Å². The average Bonchev–Trinajstić information content (AvgIpc) is 2.46. The van der Waals surface area contributed by atoms with Gasteiger partial charge in [0.05, 0.1) is 0 Å². The number of benzene rings is 1. The Morgan fingerprint density at radius 2 is 1.80 bits per heavy atom. The zero-order chi connectivity index (χ0) is 15.1. The highest BCUT2D eigenvalue weighted by atomic mass is 16.5. The number of ether oxygens (including phenoxy) is 1. The number of hydrogen-bond acceptors (Lipinski definition) is 4. The maximum atomic E-state index is 11.9. The minimum absolute atomic E-state index is 0.149. The maximum Gasteiger partial charge on any atom is 0.328 e. The van der Waals surface area contributed by atoms with Crippen LogP contribution in [0.5, 0.6) is 0 Å². The Hall–Kier alpha value is -2.17. The molecule has 0 aromatic heterocycles. The third kappa shape index (κ3) is 4.19. The second kappa shape index (κ2) is 7.43. The first-order valence-electron chi connectivity index (χ1n) is 6.49. The molecule has 1 amide bonds. The molecule has 0 aliphatic rings. The van der Waals surface area contributed by atoms with Crippen LogP contribution in [0.1, 0.15) is 26.3 Å². The van der Waals surface area contributed by atoms with Crippen molar-refractivity contribution in [3.8, 4) is 0 Å². The average molecular weight is 277 g/mol. The molecule has 5 heteroatoms. The number of hydrogen-bond donors (Lipinski definition) is 0. The molecule has 0 bridgehead atoms. The molecule has 108 valence electrons. The minimum Gasteiger partial charge on any atom is -0.459 e. The van der Waals surface area contributed by atoms with E-state index in [1.54, 1.807) is 13.8 Å². The number of likely N-dealkylation sites (N-methyl/N-ethyl adjacent to an activating group) is 1. The van der Waals surface area contributed by atoms with Gasteiger partial charge >= 0.3 is 5.97 Å². The van der Waals surface area contributed by atoms with E-state index in [1.807, 2.05) is 30.3 Å². The zero-order valence-corrected chi connectivity index (χ0v) is 12.0. The van der Waals surface area contributed by atoms with E-state index in [0.717, 1.165) is 5.56 Å². The molecule has 0 spiro atoms. The van der Waals surface area contributed by atoms with Crippen molar-refractivity contribution in [3.63, 3.8) is 0 Å². The van der Waals surface area contributed by atoms with Gasteiger partial charge in [0.2, 0.25) is 5.78 Å². The first-order valence-corrected chi connectivity index (χ1v) is 6.49. The lowest BCUT2D eigenvalue weighted by Crippen LogP contribution is -2.46. The second-order valence-corrected chi connectivity index (χ2v) is 4.42. The lowest BCUT2D eigenvalue weighted by molar-refractivity contribution is -0.157. The number of rotatable bonds is 6. The summed E-state index contributed by atoms with van der Waals surface area (Å²) in [5, 5.41) is 0. The highest BCUT2D eigenvalue weighted by molar-refractivity contribution is 6.35. The summed E-state index contributed by atoms with van der Waals surface area (Å²) in [6.45, 7) is 4.88. The third-order valence-corrected chi connectivity index (χ3v) is 2.94. The van der Waals surface area contributed by atoms with Crippen molar-refractivity contribution in [2.45, 2.75) is 33.4 Å². The molecule has 0 saturated heterocycles. The van der Waals surface area contributed by atoms with Crippen LogP contribution in [0.15, 0.2) is 30.3 Å². The lowest BCUT2D eigenvalue weighted by Gasteiger charge is -2.25. The molecule has 0 fully saturated rings. The Morgan fingerprint density at radius 1 is 1.20 bits per heavy atom. The standard InChI is InChI=1S/C15H19NO4/c1-4-16(14(18)12(3)17)11(2)15(19)20-10-13-8-6-5-7-9-13/h5-9,11H,4,10H2,1-3H3/t11-/m0/s1. The Balaban J connectivity index is 2.61. The predicted molar refractivity (Wildman–Crippen MR) is 73.8 cm³/mol. The summed E-state index contributed by atoms with van der Waals surface area (Å²) in [5.41, 5.74) is 0.869. The van der Waals surface area contributed by atoms with Gasteiger partial charge in [-0.1, -0.05) is 30.3 Å². The SMILES string of the molecule is CCN(C(=O)C(C)=O)[C@@H](C)C(=O)OCc1ccccc1. The highest BCUT2D eigenvalue weighted by Crippen LogP contribution is 2.06. The van der Waals surface area contributed by atoms with Crippen LogP contribution in [-0.2, 0) is 25.7 Å². The topological polar surface area (TPSA) is 63.7 Å². The van der Waals surface area contributed by atoms with E-state index in [-0.39, 0.29) is 13.2 Å². The Kier molecular flexibility index (Phi) is 5.90. The summed E-state index contributed by atoms with van der Waals surface area (Å²) >= 11 is 0. The van der Waals surface area contributed by atoms with Crippen molar-refractivity contribution in [2.75, 3.05) is 6.54 Å². The number of Topliss-reactive ketones (excluding diaryl/α,β-unsaturated/α-hetero) is 1. The van der Waals surface area contributed by atoms with E-state index in [2.05, 4.69) is 0 Å². The molecule has 0 aliphatic heterocycles. The van der Waals surface area contributed by atoms with Gasteiger partial charge in [0.25, 0.3) is 5.91 Å². The number of amides is 1. The molecular weight excluding hydrogens is 258 g/mol. The van der Waals surface area contributed by atoms with Crippen molar-refractivity contribution >= 4 is 17.7 Å². The van der Waals surface area contributed by atoms with Crippen molar-refractivity contribution in [3.05, 3.63) is 35.9 Å². The molecular formula is C15H19NO4. The van der Waals surface area contributed by atoms with Gasteiger partial charge < -0.3 is 9.64 Å². The van der Waals surface area contributed by atoms with Crippen LogP contribution >= 0.6 is 0 Å². The molecule has 1 aromatic rings. The molecule has 0 radical (unpaired) electrons. The summed E-state index contributed by atoms with van der Waals surface area (Å²) < 4.78 is 5.16. The quantitative estimate of drug-likeness (QED) is 0.584. The number of nitrogens with zero attached hydrogens (tertiary/aromatic N) is 1. The fourth-order valence-electron chi connectivity index (χ4n) is 1.77. The number of ketones is 1. The van der Waals surface area contributed by atoms with E-state index in [4.69, 9.17) is 4.74 Å². The molecule has 0 heterocycles. The Bertz CT molecular complexity index is 484. The molecule has 0 N–H and O–H groups in total. The normalized spacial score (nSPS) is 11.6. The summed E-state index contributed by atoms with van der Waals surface area (Å²) in [6.07, 6.45) is 0. The van der Waals surface area contributed by atoms with E-state index in [9.17, 15) is 14.4 Å². The Morgan fingerprint density at radius 3 is 2.30 bits per heavy atom. The monoisotopic (exact) mass is 277 g/mol. The van der Waals surface area contributed by atoms with Gasteiger partial charge in [-0.25, -0.2) is 4.79 Å². The number of carbonyl (C=O) groups excluding carboxylic acids is 3. The van der Waals surface area contributed by atoms with E-state index in [0.29, 0.717) is 0 Å². The van der Waals surface area contributed by atoms with Gasteiger partial charge in [0.1, 0.15) is 12.6 Å². The fraction of sp³-hybridized carbons (Fsp3) is 0.400. The molecule has 0 unspecified atom stereocenters. The maximum absolute atomic E-state index is 11.9. The van der Waals surface area contributed by atoms with Crippen LogP contribution in [-0.4, -0.2) is 35.1 Å². The molecule has 0 saturated carbocycles. The lowest BCUT2D eigenvalue weighted by atomic mass is 10.2. The van der Waals surface area contributed by atoms with Gasteiger partial charge in [0.15, 0.2) is 0 Å². The number of carbonyl (C=O) groups is 3. The summed E-state index contributed by atoms with van der Waals surface area (Å²) in [7, 11) is 0. The fourth-order valence-corrected chi connectivity index (χ4v) is 1.77. The van der Waals surface area contributed by atoms with Crippen LogP contribution in [0.3, 0.4) is 0 Å². The molecule has 20 heavy (non-hydrogen) atoms. The van der Waals surface area contributed by atoms with Gasteiger partial charge in [-0.2, -0.15) is 0 Å². The van der Waals surface area contributed by atoms with Gasteiger partial charge in [-0.15, -0.1) is 0 Å². The van der Waals surface area contributed by atoms with Gasteiger partial charge in [0, 0.05) is 13.5 Å². The minimum atomic E-state index is -0.778. The summed E-state index contributed by atoms with van der Waals surface area (Å²) in [4.78, 5) is 35.9. The van der Waals surface area contributed by atoms with Crippen LogP contribution in [0, 0.1) is 0 Å². The van der Waals surface area contributed by atoms with Crippen molar-refractivity contribution in [1.82, 2.24) is 4.90 Å². The second-order valence-electron chi connectivity index (χ2n) is 4.42. The van der Waals surface area contributed by atoms with E-state index < -0.39 is 23.7 Å². The largest absolute Gasteiger partial charge is 0.459 e. The predicted octanol–water partition coefficient (Wildman–Crippen LogP) is 1.56. The number of esters is 1.